The summed E-state index contributed by atoms with van der Waals surface area (Å²) in [6.07, 6.45) is 4.30. The van der Waals surface area contributed by atoms with Gasteiger partial charge in [-0.25, -0.2) is 4.98 Å². The molecule has 2 aromatic carbocycles. The number of ether oxygens (including phenoxy) is 1. The molecule has 1 atom stereocenters. The highest BCUT2D eigenvalue weighted by molar-refractivity contribution is 5.79. The molecule has 33 heavy (non-hydrogen) atoms. The van der Waals surface area contributed by atoms with Gasteiger partial charge in [-0.3, -0.25) is 14.2 Å². The van der Waals surface area contributed by atoms with Gasteiger partial charge >= 0.3 is 0 Å². The van der Waals surface area contributed by atoms with Crippen LogP contribution < -0.4 is 10.3 Å². The Labute approximate surface area is 196 Å². The lowest BCUT2D eigenvalue weighted by Gasteiger charge is -2.30. The summed E-state index contributed by atoms with van der Waals surface area (Å²) in [5.74, 6) is 1.26. The molecule has 0 N–H and O–H groups in total. The van der Waals surface area contributed by atoms with E-state index in [1.807, 2.05) is 61.2 Å². The third kappa shape index (κ3) is 5.44. The fourth-order valence-corrected chi connectivity index (χ4v) is 4.17. The number of rotatable bonds is 11. The van der Waals surface area contributed by atoms with E-state index >= 15 is 0 Å². The number of carbonyl (C=O) groups is 1. The van der Waals surface area contributed by atoms with Crippen molar-refractivity contribution < 1.29 is 9.53 Å². The van der Waals surface area contributed by atoms with Crippen molar-refractivity contribution in [2.24, 2.45) is 0 Å². The highest BCUT2D eigenvalue weighted by Crippen LogP contribution is 2.28. The number of aromatic nitrogens is 2. The standard InChI is InChI=1S/C27H35N3O3/c1-5-8-9-18-25(31)29(19-6-2)20(4)26-28-22-15-11-10-14-21(22)27(32)30(26)23-16-12-13-17-24(23)33-7-3/h10-17,20H,5-9,18-19H2,1-4H3. The van der Waals surface area contributed by atoms with Crippen molar-refractivity contribution in [1.29, 1.82) is 0 Å². The summed E-state index contributed by atoms with van der Waals surface area (Å²) in [6, 6.07) is 14.5. The molecule has 0 fully saturated rings. The Morgan fingerprint density at radius 3 is 2.48 bits per heavy atom. The lowest BCUT2D eigenvalue weighted by Crippen LogP contribution is -2.38. The topological polar surface area (TPSA) is 64.4 Å². The molecule has 0 aliphatic heterocycles. The maximum absolute atomic E-state index is 13.7. The lowest BCUT2D eigenvalue weighted by molar-refractivity contribution is -0.133. The van der Waals surface area contributed by atoms with Crippen LogP contribution >= 0.6 is 0 Å². The van der Waals surface area contributed by atoms with E-state index < -0.39 is 0 Å². The van der Waals surface area contributed by atoms with Crippen molar-refractivity contribution in [1.82, 2.24) is 14.5 Å². The van der Waals surface area contributed by atoms with Crippen molar-refractivity contribution in [2.75, 3.05) is 13.2 Å². The number of hydrogen-bond acceptors (Lipinski definition) is 4. The van der Waals surface area contributed by atoms with Crippen LogP contribution in [0.2, 0.25) is 0 Å². The van der Waals surface area contributed by atoms with E-state index in [-0.39, 0.29) is 17.5 Å². The van der Waals surface area contributed by atoms with Gasteiger partial charge in [-0.15, -0.1) is 0 Å². The minimum absolute atomic E-state index is 0.102. The highest BCUT2D eigenvalue weighted by atomic mass is 16.5. The molecule has 0 aliphatic carbocycles. The second-order valence-corrected chi connectivity index (χ2v) is 8.25. The van der Waals surface area contributed by atoms with E-state index in [1.54, 1.807) is 10.6 Å². The van der Waals surface area contributed by atoms with E-state index in [0.717, 1.165) is 25.7 Å². The summed E-state index contributed by atoms with van der Waals surface area (Å²) in [6.45, 7) is 9.16. The van der Waals surface area contributed by atoms with Gasteiger partial charge < -0.3 is 9.64 Å². The third-order valence-electron chi connectivity index (χ3n) is 5.83. The van der Waals surface area contributed by atoms with Crippen LogP contribution in [0.5, 0.6) is 5.75 Å². The average Bonchev–Trinajstić information content (AvgIpc) is 2.83. The van der Waals surface area contributed by atoms with Gasteiger partial charge in [0, 0.05) is 13.0 Å². The first kappa shape index (κ1) is 24.5. The van der Waals surface area contributed by atoms with Gasteiger partial charge in [-0.05, 0) is 51.0 Å². The molecular weight excluding hydrogens is 414 g/mol. The average molecular weight is 450 g/mol. The molecule has 0 spiro atoms. The fourth-order valence-electron chi connectivity index (χ4n) is 4.17. The molecule has 3 rings (SSSR count). The molecule has 1 aromatic heterocycles. The number of nitrogens with zero attached hydrogens (tertiary/aromatic N) is 3. The minimum atomic E-state index is -0.369. The Kier molecular flexibility index (Phi) is 8.64. The molecule has 0 bridgehead atoms. The lowest BCUT2D eigenvalue weighted by atomic mass is 10.1. The number of para-hydroxylation sites is 3. The Morgan fingerprint density at radius 1 is 1.03 bits per heavy atom. The second-order valence-electron chi connectivity index (χ2n) is 8.25. The molecule has 6 nitrogen and oxygen atoms in total. The Hall–Kier alpha value is -3.15. The van der Waals surface area contributed by atoms with Crippen LogP contribution in [0.4, 0.5) is 0 Å². The van der Waals surface area contributed by atoms with E-state index in [9.17, 15) is 9.59 Å². The molecule has 0 aliphatic rings. The van der Waals surface area contributed by atoms with Crippen LogP contribution in [0.15, 0.2) is 53.3 Å². The maximum atomic E-state index is 13.7. The van der Waals surface area contributed by atoms with E-state index in [0.29, 0.717) is 47.7 Å². The second kappa shape index (κ2) is 11.6. The fraction of sp³-hybridized carbons (Fsp3) is 0.444. The molecule has 176 valence electrons. The molecule has 1 heterocycles. The van der Waals surface area contributed by atoms with Crippen LogP contribution in [0, 0.1) is 0 Å². The first-order valence-electron chi connectivity index (χ1n) is 12.1. The molecule has 6 heteroatoms. The smallest absolute Gasteiger partial charge is 0.266 e. The van der Waals surface area contributed by atoms with Gasteiger partial charge in [0.25, 0.3) is 5.56 Å². The van der Waals surface area contributed by atoms with Gasteiger partial charge in [-0.1, -0.05) is 51.0 Å². The van der Waals surface area contributed by atoms with E-state index in [2.05, 4.69) is 13.8 Å². The molecule has 1 amide bonds. The maximum Gasteiger partial charge on any atom is 0.266 e. The van der Waals surface area contributed by atoms with Gasteiger partial charge in [-0.2, -0.15) is 0 Å². The molecule has 1 unspecified atom stereocenters. The SMILES string of the molecule is CCCCCC(=O)N(CCC)C(C)c1nc2ccccc2c(=O)n1-c1ccccc1OCC. The van der Waals surface area contributed by atoms with Crippen molar-refractivity contribution in [3.8, 4) is 11.4 Å². The Morgan fingerprint density at radius 2 is 1.76 bits per heavy atom. The number of fused-ring (bicyclic) bond motifs is 1. The van der Waals surface area contributed by atoms with Crippen LogP contribution in [0.3, 0.4) is 0 Å². The van der Waals surface area contributed by atoms with Gasteiger partial charge in [0.05, 0.1) is 29.2 Å². The summed E-state index contributed by atoms with van der Waals surface area (Å²) in [4.78, 5) is 33.7. The first-order chi connectivity index (χ1) is 16.0. The number of amides is 1. The predicted octanol–water partition coefficient (Wildman–Crippen LogP) is 5.66. The monoisotopic (exact) mass is 449 g/mol. The van der Waals surface area contributed by atoms with Crippen molar-refractivity contribution >= 4 is 16.8 Å². The molecule has 3 aromatic rings. The normalized spacial score (nSPS) is 12.0. The third-order valence-corrected chi connectivity index (χ3v) is 5.83. The summed E-state index contributed by atoms with van der Waals surface area (Å²) < 4.78 is 7.47. The van der Waals surface area contributed by atoms with Crippen LogP contribution in [0.1, 0.15) is 71.7 Å². The summed E-state index contributed by atoms with van der Waals surface area (Å²) >= 11 is 0. The van der Waals surface area contributed by atoms with Crippen LogP contribution in [-0.4, -0.2) is 33.5 Å². The highest BCUT2D eigenvalue weighted by Gasteiger charge is 2.27. The summed E-state index contributed by atoms with van der Waals surface area (Å²) in [5, 5.41) is 0.538. The first-order valence-corrected chi connectivity index (χ1v) is 12.1. The zero-order chi connectivity index (χ0) is 23.8. The van der Waals surface area contributed by atoms with Crippen LogP contribution in [-0.2, 0) is 4.79 Å². The van der Waals surface area contributed by atoms with Crippen molar-refractivity contribution in [3.05, 3.63) is 64.7 Å². The zero-order valence-corrected chi connectivity index (χ0v) is 20.2. The van der Waals surface area contributed by atoms with E-state index in [1.165, 1.54) is 0 Å². The Bertz CT molecular complexity index is 1140. The van der Waals surface area contributed by atoms with Gasteiger partial charge in [0.1, 0.15) is 11.6 Å². The zero-order valence-electron chi connectivity index (χ0n) is 20.2. The molecular formula is C27H35N3O3. The van der Waals surface area contributed by atoms with Gasteiger partial charge in [0.15, 0.2) is 0 Å². The minimum Gasteiger partial charge on any atom is -0.492 e. The predicted molar refractivity (Wildman–Crippen MR) is 133 cm³/mol. The number of hydrogen-bond donors (Lipinski definition) is 0. The largest absolute Gasteiger partial charge is 0.492 e. The number of unbranched alkanes of at least 4 members (excludes halogenated alkanes) is 2. The molecule has 0 radical (unpaired) electrons. The van der Waals surface area contributed by atoms with E-state index in [4.69, 9.17) is 9.72 Å². The van der Waals surface area contributed by atoms with Crippen molar-refractivity contribution in [2.45, 2.75) is 65.8 Å². The summed E-state index contributed by atoms with van der Waals surface area (Å²) in [5.41, 5.74) is 1.10. The quantitative estimate of drug-likeness (QED) is 0.354. The van der Waals surface area contributed by atoms with Crippen LogP contribution in [0.25, 0.3) is 16.6 Å². The molecule has 0 saturated carbocycles. The number of benzene rings is 2. The molecule has 0 saturated heterocycles. The Balaban J connectivity index is 2.19. The summed E-state index contributed by atoms with van der Waals surface area (Å²) in [7, 11) is 0. The van der Waals surface area contributed by atoms with Crippen molar-refractivity contribution in [3.63, 3.8) is 0 Å². The number of carbonyl (C=O) groups excluding carboxylic acids is 1. The van der Waals surface area contributed by atoms with Gasteiger partial charge in [0.2, 0.25) is 5.91 Å².